The first-order valence-electron chi connectivity index (χ1n) is 10.4. The maximum Gasteiger partial charge on any atom is 0.254 e. The van der Waals surface area contributed by atoms with Gasteiger partial charge >= 0.3 is 0 Å². The van der Waals surface area contributed by atoms with Crippen LogP contribution in [0.2, 0.25) is 0 Å². The zero-order chi connectivity index (χ0) is 21.1. The van der Waals surface area contributed by atoms with Crippen LogP contribution in [0.15, 0.2) is 54.6 Å². The van der Waals surface area contributed by atoms with Gasteiger partial charge in [-0.15, -0.1) is 0 Å². The second-order valence-corrected chi connectivity index (χ2v) is 7.32. The Morgan fingerprint density at radius 3 is 2.40 bits per heavy atom. The maximum absolute atomic E-state index is 13.2. The molecule has 0 bridgehead atoms. The summed E-state index contributed by atoms with van der Waals surface area (Å²) in [6.07, 6.45) is 0.666. The third kappa shape index (κ3) is 3.90. The van der Waals surface area contributed by atoms with Crippen molar-refractivity contribution in [3.8, 4) is 11.4 Å². The van der Waals surface area contributed by atoms with E-state index < -0.39 is 0 Å². The Labute approximate surface area is 176 Å². The van der Waals surface area contributed by atoms with E-state index >= 15 is 0 Å². The molecule has 0 saturated heterocycles. The van der Waals surface area contributed by atoms with Crippen molar-refractivity contribution in [3.05, 3.63) is 77.2 Å². The number of hydrogen-bond donors (Lipinski definition) is 0. The number of carbonyl (C=O) groups is 1. The molecule has 2 aromatic carbocycles. The van der Waals surface area contributed by atoms with Gasteiger partial charge in [0.15, 0.2) is 5.82 Å². The van der Waals surface area contributed by atoms with E-state index in [1.807, 2.05) is 30.3 Å². The Balaban J connectivity index is 1.71. The molecule has 1 aliphatic heterocycles. The zero-order valence-electron chi connectivity index (χ0n) is 17.3. The molecule has 5 nitrogen and oxygen atoms in total. The first kappa shape index (κ1) is 20.0. The van der Waals surface area contributed by atoms with E-state index in [2.05, 4.69) is 18.7 Å². The average molecular weight is 404 g/mol. The number of nitrogens with zero attached hydrogens (tertiary/aromatic N) is 4. The number of anilines is 1. The molecule has 1 aliphatic rings. The van der Waals surface area contributed by atoms with E-state index in [1.54, 1.807) is 4.90 Å². The van der Waals surface area contributed by atoms with Gasteiger partial charge in [-0.05, 0) is 38.1 Å². The van der Waals surface area contributed by atoms with Gasteiger partial charge in [-0.1, -0.05) is 30.3 Å². The van der Waals surface area contributed by atoms with Crippen LogP contribution in [-0.2, 0) is 13.0 Å². The van der Waals surface area contributed by atoms with Crippen LogP contribution >= 0.6 is 0 Å². The summed E-state index contributed by atoms with van der Waals surface area (Å²) in [6.45, 7) is 6.87. The highest BCUT2D eigenvalue weighted by Gasteiger charge is 2.28. The Kier molecular flexibility index (Phi) is 5.74. The Hall–Kier alpha value is -3.28. The number of fused-ring (bicyclic) bond motifs is 1. The van der Waals surface area contributed by atoms with Gasteiger partial charge in [0.05, 0.1) is 12.2 Å². The van der Waals surface area contributed by atoms with E-state index in [-0.39, 0.29) is 11.7 Å². The topological polar surface area (TPSA) is 49.3 Å². The van der Waals surface area contributed by atoms with Gasteiger partial charge in [0, 0.05) is 42.7 Å². The van der Waals surface area contributed by atoms with Crippen molar-refractivity contribution >= 4 is 11.7 Å². The number of halogens is 1. The molecule has 1 amide bonds. The fraction of sp³-hybridized carbons (Fsp3) is 0.292. The minimum absolute atomic E-state index is 0.0988. The first-order valence-corrected chi connectivity index (χ1v) is 10.4. The predicted molar refractivity (Wildman–Crippen MR) is 116 cm³/mol. The highest BCUT2D eigenvalue weighted by Crippen LogP contribution is 2.30. The first-order chi connectivity index (χ1) is 14.6. The number of benzene rings is 2. The van der Waals surface area contributed by atoms with Crippen LogP contribution in [0.4, 0.5) is 10.2 Å². The van der Waals surface area contributed by atoms with Gasteiger partial charge in [-0.2, -0.15) is 0 Å². The summed E-state index contributed by atoms with van der Waals surface area (Å²) in [5, 5.41) is 0. The molecule has 0 fully saturated rings. The molecule has 3 aromatic rings. The second-order valence-electron chi connectivity index (χ2n) is 7.32. The van der Waals surface area contributed by atoms with Crippen molar-refractivity contribution in [2.75, 3.05) is 24.5 Å². The lowest BCUT2D eigenvalue weighted by atomic mass is 10.0. The number of hydrogen-bond acceptors (Lipinski definition) is 4. The Morgan fingerprint density at radius 2 is 1.73 bits per heavy atom. The highest BCUT2D eigenvalue weighted by molar-refractivity contribution is 5.94. The van der Waals surface area contributed by atoms with Crippen molar-refractivity contribution in [2.45, 2.75) is 26.8 Å². The quantitative estimate of drug-likeness (QED) is 0.635. The van der Waals surface area contributed by atoms with Crippen LogP contribution in [0.1, 0.15) is 35.5 Å². The minimum Gasteiger partial charge on any atom is -0.357 e. The van der Waals surface area contributed by atoms with Crippen molar-refractivity contribution in [3.63, 3.8) is 0 Å². The van der Waals surface area contributed by atoms with Crippen molar-refractivity contribution < 1.29 is 9.18 Å². The Morgan fingerprint density at radius 1 is 1.03 bits per heavy atom. The summed E-state index contributed by atoms with van der Waals surface area (Å²) in [6, 6.07) is 15.7. The van der Waals surface area contributed by atoms with Gasteiger partial charge in [0.1, 0.15) is 11.6 Å². The van der Waals surface area contributed by atoms with E-state index in [0.29, 0.717) is 25.1 Å². The van der Waals surface area contributed by atoms with E-state index in [4.69, 9.17) is 9.97 Å². The largest absolute Gasteiger partial charge is 0.357 e. The molecular formula is C24H25FN4O. The zero-order valence-corrected chi connectivity index (χ0v) is 17.3. The molecule has 4 rings (SSSR count). The normalized spacial score (nSPS) is 13.1. The average Bonchev–Trinajstić information content (AvgIpc) is 2.80. The molecule has 154 valence electrons. The van der Waals surface area contributed by atoms with E-state index in [1.165, 1.54) is 24.3 Å². The molecule has 0 aliphatic carbocycles. The fourth-order valence-electron chi connectivity index (χ4n) is 3.85. The molecule has 0 saturated carbocycles. The summed E-state index contributed by atoms with van der Waals surface area (Å²) in [7, 11) is 0. The lowest BCUT2D eigenvalue weighted by Gasteiger charge is -2.32. The third-order valence-electron chi connectivity index (χ3n) is 5.51. The third-order valence-corrected chi connectivity index (χ3v) is 5.51. The number of amides is 1. The highest BCUT2D eigenvalue weighted by atomic mass is 19.1. The molecule has 1 aromatic heterocycles. The monoisotopic (exact) mass is 404 g/mol. The molecule has 0 unspecified atom stereocenters. The standard InChI is InChI=1S/C24H25FN4O/c1-3-28(4-2)23-20-16-29(24(30)18-10-12-19(25)13-11-18)15-14-21(20)26-22(27-23)17-8-6-5-7-9-17/h5-13H,3-4,14-16H2,1-2H3. The Bertz CT molecular complexity index is 1030. The van der Waals surface area contributed by atoms with Crippen LogP contribution < -0.4 is 4.90 Å². The van der Waals surface area contributed by atoms with Gasteiger partial charge in [-0.3, -0.25) is 4.79 Å². The van der Waals surface area contributed by atoms with Gasteiger partial charge in [0.25, 0.3) is 5.91 Å². The number of rotatable bonds is 5. The van der Waals surface area contributed by atoms with Gasteiger partial charge < -0.3 is 9.80 Å². The van der Waals surface area contributed by atoms with E-state index in [0.717, 1.165) is 41.6 Å². The molecule has 2 heterocycles. The van der Waals surface area contributed by atoms with Crippen LogP contribution in [-0.4, -0.2) is 40.4 Å². The van der Waals surface area contributed by atoms with Crippen molar-refractivity contribution in [2.24, 2.45) is 0 Å². The molecule has 30 heavy (non-hydrogen) atoms. The van der Waals surface area contributed by atoms with Gasteiger partial charge in [0.2, 0.25) is 0 Å². The second kappa shape index (κ2) is 8.61. The lowest BCUT2D eigenvalue weighted by molar-refractivity contribution is 0.0733. The molecule has 0 spiro atoms. The van der Waals surface area contributed by atoms with Crippen LogP contribution in [0.5, 0.6) is 0 Å². The molecular weight excluding hydrogens is 379 g/mol. The number of carbonyl (C=O) groups excluding carboxylic acids is 1. The lowest BCUT2D eigenvalue weighted by Crippen LogP contribution is -2.38. The maximum atomic E-state index is 13.2. The molecule has 0 atom stereocenters. The fourth-order valence-corrected chi connectivity index (χ4v) is 3.85. The van der Waals surface area contributed by atoms with Crippen molar-refractivity contribution in [1.82, 2.24) is 14.9 Å². The van der Waals surface area contributed by atoms with Crippen LogP contribution in [0, 0.1) is 5.82 Å². The van der Waals surface area contributed by atoms with E-state index in [9.17, 15) is 9.18 Å². The van der Waals surface area contributed by atoms with Crippen LogP contribution in [0.25, 0.3) is 11.4 Å². The SMILES string of the molecule is CCN(CC)c1nc(-c2ccccc2)nc2c1CN(C(=O)c1ccc(F)cc1)CC2. The summed E-state index contributed by atoms with van der Waals surface area (Å²) >= 11 is 0. The summed E-state index contributed by atoms with van der Waals surface area (Å²) < 4.78 is 13.2. The molecule has 6 heteroatoms. The summed E-state index contributed by atoms with van der Waals surface area (Å²) in [5.41, 5.74) is 3.47. The smallest absolute Gasteiger partial charge is 0.254 e. The van der Waals surface area contributed by atoms with Gasteiger partial charge in [-0.25, -0.2) is 14.4 Å². The molecule has 0 N–H and O–H groups in total. The van der Waals surface area contributed by atoms with Crippen LogP contribution in [0.3, 0.4) is 0 Å². The summed E-state index contributed by atoms with van der Waals surface area (Å²) in [5.74, 6) is 1.16. The number of aromatic nitrogens is 2. The summed E-state index contributed by atoms with van der Waals surface area (Å²) in [4.78, 5) is 26.7. The molecule has 0 radical (unpaired) electrons. The minimum atomic E-state index is -0.346. The van der Waals surface area contributed by atoms with Crippen molar-refractivity contribution in [1.29, 1.82) is 0 Å². The predicted octanol–water partition coefficient (Wildman–Crippen LogP) is 4.33.